The molecule has 26 heavy (non-hydrogen) atoms. The van der Waals surface area contributed by atoms with Gasteiger partial charge in [0, 0.05) is 23.5 Å². The molecule has 2 aromatic carbocycles. The van der Waals surface area contributed by atoms with Crippen molar-refractivity contribution in [3.63, 3.8) is 0 Å². The third-order valence-corrected chi connectivity index (χ3v) is 4.05. The van der Waals surface area contributed by atoms with Gasteiger partial charge in [-0.25, -0.2) is 14.4 Å². The number of hydrogen-bond donors (Lipinski definition) is 2. The van der Waals surface area contributed by atoms with E-state index in [0.29, 0.717) is 23.3 Å². The van der Waals surface area contributed by atoms with Crippen LogP contribution in [0.1, 0.15) is 19.4 Å². The Morgan fingerprint density at radius 1 is 1.12 bits per heavy atom. The topological polar surface area (TPSA) is 66.9 Å². The summed E-state index contributed by atoms with van der Waals surface area (Å²) in [5, 5.41) is 6.77. The van der Waals surface area contributed by atoms with Crippen LogP contribution >= 0.6 is 0 Å². The van der Waals surface area contributed by atoms with E-state index in [1.54, 1.807) is 6.07 Å². The number of fused-ring (bicyclic) bond motifs is 1. The van der Waals surface area contributed by atoms with E-state index in [2.05, 4.69) is 20.6 Å². The van der Waals surface area contributed by atoms with Crippen LogP contribution < -0.4 is 10.6 Å². The van der Waals surface area contributed by atoms with E-state index in [4.69, 9.17) is 0 Å². The van der Waals surface area contributed by atoms with Crippen molar-refractivity contribution in [2.75, 3.05) is 17.2 Å². The lowest BCUT2D eigenvalue weighted by molar-refractivity contribution is -0.118. The average molecular weight is 352 g/mol. The summed E-state index contributed by atoms with van der Waals surface area (Å²) >= 11 is 0. The minimum atomic E-state index is -0.311. The lowest BCUT2D eigenvalue weighted by atomic mass is 10.1. The molecule has 0 atom stereocenters. The van der Waals surface area contributed by atoms with Crippen molar-refractivity contribution < 1.29 is 9.18 Å². The highest BCUT2D eigenvalue weighted by Gasteiger charge is 2.07. The lowest BCUT2D eigenvalue weighted by Crippen LogP contribution is -2.17. The maximum atomic E-state index is 13.5. The lowest BCUT2D eigenvalue weighted by Gasteiger charge is -2.10. The van der Waals surface area contributed by atoms with Crippen LogP contribution in [0.15, 0.2) is 48.8 Å². The molecule has 3 aromatic rings. The molecular weight excluding hydrogens is 331 g/mol. The van der Waals surface area contributed by atoms with Crippen LogP contribution in [0.4, 0.5) is 15.9 Å². The molecule has 0 aliphatic rings. The zero-order chi connectivity index (χ0) is 18.5. The quantitative estimate of drug-likeness (QED) is 0.703. The molecule has 0 bridgehead atoms. The van der Waals surface area contributed by atoms with Crippen molar-refractivity contribution in [3.8, 4) is 0 Å². The van der Waals surface area contributed by atoms with Crippen LogP contribution in [-0.2, 0) is 11.2 Å². The first kappa shape index (κ1) is 17.8. The number of carbonyl (C=O) groups excluding carboxylic acids is 1. The van der Waals surface area contributed by atoms with Gasteiger partial charge in [-0.2, -0.15) is 0 Å². The molecule has 1 heterocycles. The predicted octanol–water partition coefficient (Wildman–Crippen LogP) is 4.02. The Morgan fingerprint density at radius 2 is 1.88 bits per heavy atom. The molecule has 6 heteroatoms. The number of hydrogen-bond acceptors (Lipinski definition) is 4. The van der Waals surface area contributed by atoms with E-state index in [9.17, 15) is 9.18 Å². The molecule has 0 radical (unpaired) electrons. The summed E-state index contributed by atoms with van der Waals surface area (Å²) in [5.74, 6) is 0.262. The monoisotopic (exact) mass is 352 g/mol. The van der Waals surface area contributed by atoms with E-state index in [0.717, 1.165) is 17.7 Å². The molecule has 3 rings (SSSR count). The molecule has 0 aliphatic carbocycles. The van der Waals surface area contributed by atoms with Crippen LogP contribution in [0.3, 0.4) is 0 Å². The van der Waals surface area contributed by atoms with E-state index in [1.165, 1.54) is 18.5 Å². The van der Waals surface area contributed by atoms with Gasteiger partial charge in [-0.15, -0.1) is 0 Å². The summed E-state index contributed by atoms with van der Waals surface area (Å²) in [5.41, 5.74) is 2.62. The Bertz CT molecular complexity index is 909. The fraction of sp³-hybridized carbons (Fsp3) is 0.250. The number of amides is 1. The van der Waals surface area contributed by atoms with Gasteiger partial charge < -0.3 is 10.6 Å². The van der Waals surface area contributed by atoms with Gasteiger partial charge >= 0.3 is 0 Å². The Labute approximate surface area is 151 Å². The maximum Gasteiger partial charge on any atom is 0.226 e. The number of nitrogens with zero attached hydrogens (tertiary/aromatic N) is 2. The van der Waals surface area contributed by atoms with Crippen molar-refractivity contribution in [1.82, 2.24) is 9.97 Å². The SMILES string of the molecule is CC(C)C(=O)Nc1ccc(CCNc2ncnc3ccc(F)cc23)cc1. The molecule has 1 amide bonds. The smallest absolute Gasteiger partial charge is 0.226 e. The highest BCUT2D eigenvalue weighted by Crippen LogP contribution is 2.20. The van der Waals surface area contributed by atoms with Gasteiger partial charge in [0.15, 0.2) is 0 Å². The second-order valence-corrected chi connectivity index (χ2v) is 6.40. The summed E-state index contributed by atoms with van der Waals surface area (Å²) in [7, 11) is 0. The molecule has 0 spiro atoms. The first-order valence-corrected chi connectivity index (χ1v) is 8.57. The molecule has 134 valence electrons. The molecule has 0 fully saturated rings. The maximum absolute atomic E-state index is 13.5. The van der Waals surface area contributed by atoms with Crippen molar-refractivity contribution in [3.05, 3.63) is 60.2 Å². The van der Waals surface area contributed by atoms with Gasteiger partial charge in [0.25, 0.3) is 0 Å². The summed E-state index contributed by atoms with van der Waals surface area (Å²) in [4.78, 5) is 20.0. The van der Waals surface area contributed by atoms with Crippen molar-refractivity contribution in [1.29, 1.82) is 0 Å². The largest absolute Gasteiger partial charge is 0.369 e. The fourth-order valence-corrected chi connectivity index (χ4v) is 2.54. The minimum absolute atomic E-state index is 0.00212. The highest BCUT2D eigenvalue weighted by atomic mass is 19.1. The van der Waals surface area contributed by atoms with Gasteiger partial charge in [0.05, 0.1) is 5.52 Å². The van der Waals surface area contributed by atoms with Crippen LogP contribution in [0.25, 0.3) is 10.9 Å². The molecule has 0 unspecified atom stereocenters. The molecule has 5 nitrogen and oxygen atoms in total. The van der Waals surface area contributed by atoms with E-state index < -0.39 is 0 Å². The second-order valence-electron chi connectivity index (χ2n) is 6.40. The Hall–Kier alpha value is -3.02. The number of aromatic nitrogens is 2. The van der Waals surface area contributed by atoms with Crippen molar-refractivity contribution >= 4 is 28.3 Å². The average Bonchev–Trinajstić information content (AvgIpc) is 2.63. The number of carbonyl (C=O) groups is 1. The standard InChI is InChI=1S/C20H21FN4O/c1-13(2)20(26)25-16-6-3-14(4-7-16)9-10-22-19-17-11-15(21)5-8-18(17)23-12-24-19/h3-8,11-13H,9-10H2,1-2H3,(H,25,26)(H,22,23,24). The van der Waals surface area contributed by atoms with Crippen LogP contribution in [0.5, 0.6) is 0 Å². The normalized spacial score (nSPS) is 10.9. The number of rotatable bonds is 6. The third kappa shape index (κ3) is 4.33. The number of anilines is 2. The third-order valence-electron chi connectivity index (χ3n) is 4.05. The molecule has 0 aliphatic heterocycles. The van der Waals surface area contributed by atoms with Gasteiger partial charge in [-0.05, 0) is 42.3 Å². The molecule has 0 saturated heterocycles. The van der Waals surface area contributed by atoms with Gasteiger partial charge in [-0.3, -0.25) is 4.79 Å². The number of halogens is 1. The molecule has 1 aromatic heterocycles. The van der Waals surface area contributed by atoms with Crippen LogP contribution in [0, 0.1) is 11.7 Å². The van der Waals surface area contributed by atoms with E-state index >= 15 is 0 Å². The zero-order valence-corrected chi connectivity index (χ0v) is 14.8. The second kappa shape index (κ2) is 7.91. The Balaban J connectivity index is 1.60. The zero-order valence-electron chi connectivity index (χ0n) is 14.8. The fourth-order valence-electron chi connectivity index (χ4n) is 2.54. The number of nitrogens with one attached hydrogen (secondary N) is 2. The molecule has 0 saturated carbocycles. The van der Waals surface area contributed by atoms with E-state index in [1.807, 2.05) is 38.1 Å². The number of benzene rings is 2. The van der Waals surface area contributed by atoms with Crippen molar-refractivity contribution in [2.24, 2.45) is 5.92 Å². The summed E-state index contributed by atoms with van der Waals surface area (Å²) in [6, 6.07) is 12.2. The Kier molecular flexibility index (Phi) is 5.41. The van der Waals surface area contributed by atoms with Gasteiger partial charge in [0.1, 0.15) is 18.0 Å². The van der Waals surface area contributed by atoms with Gasteiger partial charge in [0.2, 0.25) is 5.91 Å². The van der Waals surface area contributed by atoms with Crippen molar-refractivity contribution in [2.45, 2.75) is 20.3 Å². The van der Waals surface area contributed by atoms with E-state index in [-0.39, 0.29) is 17.6 Å². The summed E-state index contributed by atoms with van der Waals surface area (Å²) < 4.78 is 13.5. The Morgan fingerprint density at radius 3 is 2.62 bits per heavy atom. The van der Waals surface area contributed by atoms with Gasteiger partial charge in [-0.1, -0.05) is 26.0 Å². The van der Waals surface area contributed by atoms with Crippen LogP contribution in [-0.4, -0.2) is 22.4 Å². The summed E-state index contributed by atoms with van der Waals surface area (Å²) in [6.07, 6.45) is 2.24. The van der Waals surface area contributed by atoms with Crippen LogP contribution in [0.2, 0.25) is 0 Å². The molecule has 2 N–H and O–H groups in total. The summed E-state index contributed by atoms with van der Waals surface area (Å²) in [6.45, 7) is 4.37. The first-order chi connectivity index (χ1) is 12.5. The highest BCUT2D eigenvalue weighted by molar-refractivity contribution is 5.92. The molecular formula is C20H21FN4O. The minimum Gasteiger partial charge on any atom is -0.369 e. The first-order valence-electron chi connectivity index (χ1n) is 8.57. The predicted molar refractivity (Wildman–Crippen MR) is 102 cm³/mol.